The molecule has 0 bridgehead atoms. The van der Waals surface area contributed by atoms with Crippen LogP contribution in [-0.4, -0.2) is 32.7 Å². The molecular weight excluding hydrogens is 396 g/mol. The molecule has 0 saturated carbocycles. The van der Waals surface area contributed by atoms with Crippen LogP contribution in [0.4, 0.5) is 0 Å². The maximum absolute atomic E-state index is 12.4. The third-order valence-electron chi connectivity index (χ3n) is 4.33. The second-order valence-electron chi connectivity index (χ2n) is 6.63. The van der Waals surface area contributed by atoms with Crippen molar-refractivity contribution in [3.05, 3.63) is 58.1 Å². The number of nitrogens with one attached hydrogen (secondary N) is 2. The summed E-state index contributed by atoms with van der Waals surface area (Å²) in [6.45, 7) is 4.34. The quantitative estimate of drug-likeness (QED) is 0.753. The molecule has 1 unspecified atom stereocenters. The third kappa shape index (κ3) is 4.99. The summed E-state index contributed by atoms with van der Waals surface area (Å²) < 4.78 is 12.2. The lowest BCUT2D eigenvalue weighted by Gasteiger charge is -2.21. The molecule has 0 spiro atoms. The predicted molar refractivity (Wildman–Crippen MR) is 104 cm³/mol. The standard InChI is InChI=1S/C20H23BrN2O3/c1-14(16-5-8-18-19(11-16)26-10-9-25-18)22-20(24)13-23(2)12-15-3-6-17(21)7-4-15/h3-8,11,14H,9-10,12-13H2,1-2H3,(H,22,24)/p+1/t14-/m0/s1. The van der Waals surface area contributed by atoms with E-state index in [4.69, 9.17) is 9.47 Å². The highest BCUT2D eigenvalue weighted by Gasteiger charge is 2.17. The minimum absolute atomic E-state index is 0.0296. The first-order valence-electron chi connectivity index (χ1n) is 8.76. The molecule has 1 aliphatic rings. The molecule has 0 aromatic heterocycles. The highest BCUT2D eigenvalue weighted by atomic mass is 79.9. The van der Waals surface area contributed by atoms with Gasteiger partial charge in [0.2, 0.25) is 0 Å². The van der Waals surface area contributed by atoms with E-state index in [0.717, 1.165) is 33.0 Å². The second-order valence-corrected chi connectivity index (χ2v) is 7.55. The van der Waals surface area contributed by atoms with Crippen LogP contribution in [0.15, 0.2) is 46.9 Å². The highest BCUT2D eigenvalue weighted by Crippen LogP contribution is 2.32. The van der Waals surface area contributed by atoms with Crippen LogP contribution in [0.25, 0.3) is 0 Å². The Morgan fingerprint density at radius 3 is 2.58 bits per heavy atom. The maximum atomic E-state index is 12.4. The molecule has 1 amide bonds. The summed E-state index contributed by atoms with van der Waals surface area (Å²) in [5.41, 5.74) is 2.21. The highest BCUT2D eigenvalue weighted by molar-refractivity contribution is 9.10. The van der Waals surface area contributed by atoms with Crippen molar-refractivity contribution >= 4 is 21.8 Å². The Hall–Kier alpha value is -2.05. The van der Waals surface area contributed by atoms with Crippen molar-refractivity contribution in [3.63, 3.8) is 0 Å². The lowest BCUT2D eigenvalue weighted by Crippen LogP contribution is -3.08. The number of hydrogen-bond acceptors (Lipinski definition) is 3. The van der Waals surface area contributed by atoms with Crippen molar-refractivity contribution in [1.29, 1.82) is 0 Å². The monoisotopic (exact) mass is 419 g/mol. The minimum atomic E-state index is -0.0844. The SMILES string of the molecule is C[C@H](NC(=O)C[NH+](C)Cc1ccc(Br)cc1)c1ccc2c(c1)OCCO2. The van der Waals surface area contributed by atoms with E-state index >= 15 is 0 Å². The van der Waals surface area contributed by atoms with E-state index < -0.39 is 0 Å². The van der Waals surface area contributed by atoms with Gasteiger partial charge in [0.1, 0.15) is 19.8 Å². The number of carbonyl (C=O) groups excluding carboxylic acids is 1. The molecule has 0 radical (unpaired) electrons. The molecule has 0 fully saturated rings. The van der Waals surface area contributed by atoms with E-state index in [1.807, 2.05) is 44.3 Å². The number of hydrogen-bond donors (Lipinski definition) is 2. The molecular formula is C20H24BrN2O3+. The Balaban J connectivity index is 1.53. The first kappa shape index (κ1) is 18.7. The van der Waals surface area contributed by atoms with E-state index in [-0.39, 0.29) is 11.9 Å². The van der Waals surface area contributed by atoms with E-state index in [9.17, 15) is 4.79 Å². The van der Waals surface area contributed by atoms with Crippen molar-refractivity contribution in [1.82, 2.24) is 5.32 Å². The molecule has 1 heterocycles. The first-order valence-corrected chi connectivity index (χ1v) is 9.55. The molecule has 2 atom stereocenters. The number of quaternary nitrogens is 1. The van der Waals surface area contributed by atoms with Crippen LogP contribution >= 0.6 is 15.9 Å². The number of fused-ring (bicyclic) bond motifs is 1. The summed E-state index contributed by atoms with van der Waals surface area (Å²) in [6.07, 6.45) is 0. The van der Waals surface area contributed by atoms with E-state index in [2.05, 4.69) is 33.4 Å². The number of ether oxygens (including phenoxy) is 2. The zero-order valence-corrected chi connectivity index (χ0v) is 16.6. The van der Waals surface area contributed by atoms with Gasteiger partial charge in [-0.05, 0) is 36.8 Å². The Kier molecular flexibility index (Phi) is 6.16. The molecule has 26 heavy (non-hydrogen) atoms. The Bertz CT molecular complexity index is 764. The Morgan fingerprint density at radius 1 is 1.15 bits per heavy atom. The summed E-state index contributed by atoms with van der Waals surface area (Å²) in [4.78, 5) is 13.5. The van der Waals surface area contributed by atoms with Crippen LogP contribution in [0.5, 0.6) is 11.5 Å². The molecule has 1 aliphatic heterocycles. The molecule has 5 nitrogen and oxygen atoms in total. The molecule has 0 saturated heterocycles. The normalized spacial score (nSPS) is 15.2. The second kappa shape index (κ2) is 8.56. The summed E-state index contributed by atoms with van der Waals surface area (Å²) in [5.74, 6) is 1.53. The number of likely N-dealkylation sites (N-methyl/N-ethyl adjacent to an activating group) is 1. The van der Waals surface area contributed by atoms with Crippen molar-refractivity contribution in [2.75, 3.05) is 26.8 Å². The fourth-order valence-corrected chi connectivity index (χ4v) is 3.26. The predicted octanol–water partition coefficient (Wildman–Crippen LogP) is 2.11. The van der Waals surface area contributed by atoms with Crippen molar-refractivity contribution in [2.24, 2.45) is 0 Å². The van der Waals surface area contributed by atoms with Crippen molar-refractivity contribution < 1.29 is 19.2 Å². The lowest BCUT2D eigenvalue weighted by atomic mass is 10.1. The van der Waals surface area contributed by atoms with Crippen molar-refractivity contribution in [2.45, 2.75) is 19.5 Å². The fraction of sp³-hybridized carbons (Fsp3) is 0.350. The number of benzene rings is 2. The van der Waals surface area contributed by atoms with Gasteiger partial charge in [-0.3, -0.25) is 4.79 Å². The van der Waals surface area contributed by atoms with Crippen LogP contribution in [0.1, 0.15) is 24.1 Å². The van der Waals surface area contributed by atoms with Gasteiger partial charge in [0.05, 0.1) is 13.1 Å². The van der Waals surface area contributed by atoms with Gasteiger partial charge in [-0.25, -0.2) is 0 Å². The van der Waals surface area contributed by atoms with Crippen LogP contribution in [0, 0.1) is 0 Å². The summed E-state index contributed by atoms with van der Waals surface area (Å²) >= 11 is 3.44. The molecule has 6 heteroatoms. The van der Waals surface area contributed by atoms with Crippen LogP contribution < -0.4 is 19.7 Å². The van der Waals surface area contributed by atoms with Crippen LogP contribution in [-0.2, 0) is 11.3 Å². The smallest absolute Gasteiger partial charge is 0.275 e. The molecule has 3 rings (SSSR count). The zero-order valence-electron chi connectivity index (χ0n) is 15.0. The summed E-state index contributed by atoms with van der Waals surface area (Å²) in [6, 6.07) is 13.9. The van der Waals surface area contributed by atoms with Gasteiger partial charge in [-0.2, -0.15) is 0 Å². The van der Waals surface area contributed by atoms with Gasteiger partial charge in [-0.15, -0.1) is 0 Å². The average molecular weight is 420 g/mol. The topological polar surface area (TPSA) is 52.0 Å². The van der Waals surface area contributed by atoms with Gasteiger partial charge in [0.15, 0.2) is 18.0 Å². The van der Waals surface area contributed by atoms with Gasteiger partial charge in [-0.1, -0.05) is 34.1 Å². The zero-order chi connectivity index (χ0) is 18.5. The van der Waals surface area contributed by atoms with Crippen LogP contribution in [0.3, 0.4) is 0 Å². The fourth-order valence-electron chi connectivity index (χ4n) is 2.99. The lowest BCUT2D eigenvalue weighted by molar-refractivity contribution is -0.885. The van der Waals surface area contributed by atoms with E-state index in [0.29, 0.717) is 19.8 Å². The first-order chi connectivity index (χ1) is 12.5. The van der Waals surface area contributed by atoms with E-state index in [1.54, 1.807) is 0 Å². The summed E-state index contributed by atoms with van der Waals surface area (Å²) in [7, 11) is 2.02. The van der Waals surface area contributed by atoms with Crippen LogP contribution in [0.2, 0.25) is 0 Å². The molecule has 2 aromatic rings. The van der Waals surface area contributed by atoms with Gasteiger partial charge >= 0.3 is 0 Å². The number of rotatable bonds is 6. The third-order valence-corrected chi connectivity index (χ3v) is 4.85. The van der Waals surface area contributed by atoms with Gasteiger partial charge < -0.3 is 19.7 Å². The number of amides is 1. The maximum Gasteiger partial charge on any atom is 0.275 e. The largest absolute Gasteiger partial charge is 0.486 e. The van der Waals surface area contributed by atoms with E-state index in [1.165, 1.54) is 5.56 Å². The van der Waals surface area contributed by atoms with Gasteiger partial charge in [0, 0.05) is 10.0 Å². The number of carbonyl (C=O) groups is 1. The number of halogens is 1. The minimum Gasteiger partial charge on any atom is -0.486 e. The molecule has 138 valence electrons. The van der Waals surface area contributed by atoms with Crippen molar-refractivity contribution in [3.8, 4) is 11.5 Å². The summed E-state index contributed by atoms with van der Waals surface area (Å²) in [5, 5.41) is 3.07. The van der Waals surface area contributed by atoms with Gasteiger partial charge in [0.25, 0.3) is 5.91 Å². The molecule has 2 N–H and O–H groups in total. The average Bonchev–Trinajstić information content (AvgIpc) is 2.63. The molecule has 0 aliphatic carbocycles. The Morgan fingerprint density at radius 2 is 1.85 bits per heavy atom. The molecule has 2 aromatic carbocycles. The Labute approximate surface area is 162 Å².